The Kier molecular flexibility index (Phi) is 8.24. The lowest BCUT2D eigenvalue weighted by Gasteiger charge is -2.38. The Morgan fingerprint density at radius 2 is 1.26 bits per heavy atom. The van der Waals surface area contributed by atoms with Gasteiger partial charge in [0.25, 0.3) is 0 Å². The summed E-state index contributed by atoms with van der Waals surface area (Å²) in [4.78, 5) is 15.9. The minimum Gasteiger partial charge on any atom is -0.342 e. The van der Waals surface area contributed by atoms with Crippen LogP contribution in [0.5, 0.6) is 0 Å². The quantitative estimate of drug-likeness (QED) is 0.117. The van der Waals surface area contributed by atoms with Crippen molar-refractivity contribution in [3.63, 3.8) is 0 Å². The molecule has 0 atom stereocenters. The Balaban J connectivity index is 0.000000198. The van der Waals surface area contributed by atoms with E-state index < -0.39 is 5.54 Å². The lowest BCUT2D eigenvalue weighted by Crippen LogP contribution is -2.38. The van der Waals surface area contributed by atoms with E-state index in [1.165, 1.54) is 16.7 Å². The fourth-order valence-electron chi connectivity index (χ4n) is 4.83. The highest BCUT2D eigenvalue weighted by Crippen LogP contribution is 2.41. The zero-order valence-corrected chi connectivity index (χ0v) is 24.5. The molecule has 0 aliphatic carbocycles. The van der Waals surface area contributed by atoms with E-state index in [9.17, 15) is 0 Å². The number of halogens is 2. The average molecular weight is 644 g/mol. The first-order valence-corrected chi connectivity index (χ1v) is 14.0. The number of aryl methyl sites for hydroxylation is 2. The number of aromatic amines is 1. The summed E-state index contributed by atoms with van der Waals surface area (Å²) in [5.74, 6) is 1.89. The number of rotatable bonds is 5. The van der Waals surface area contributed by atoms with Gasteiger partial charge in [0.15, 0.2) is 0 Å². The van der Waals surface area contributed by atoms with Crippen LogP contribution >= 0.6 is 34.2 Å². The van der Waals surface area contributed by atoms with E-state index in [0.29, 0.717) is 5.15 Å². The van der Waals surface area contributed by atoms with Crippen LogP contribution in [-0.2, 0) is 5.54 Å². The van der Waals surface area contributed by atoms with Crippen molar-refractivity contribution < 1.29 is 0 Å². The molecule has 1 N–H and O–H groups in total. The molecule has 0 radical (unpaired) electrons. The molecule has 0 spiro atoms. The molecule has 3 heterocycles. The molecule has 194 valence electrons. The molecule has 3 aromatic carbocycles. The van der Waals surface area contributed by atoms with E-state index in [2.05, 4.69) is 146 Å². The topological polar surface area (TPSA) is 59.4 Å². The molecule has 6 rings (SSSR count). The van der Waals surface area contributed by atoms with Gasteiger partial charge in [-0.3, -0.25) is 0 Å². The lowest BCUT2D eigenvalue weighted by atomic mass is 9.76. The van der Waals surface area contributed by atoms with Gasteiger partial charge < -0.3 is 9.55 Å². The van der Waals surface area contributed by atoms with Crippen molar-refractivity contribution in [2.75, 3.05) is 0 Å². The van der Waals surface area contributed by atoms with Gasteiger partial charge in [-0.1, -0.05) is 103 Å². The van der Waals surface area contributed by atoms with Crippen molar-refractivity contribution in [1.82, 2.24) is 24.5 Å². The van der Waals surface area contributed by atoms with Crippen LogP contribution in [0.15, 0.2) is 122 Å². The first-order valence-electron chi connectivity index (χ1n) is 12.5. The highest BCUT2D eigenvalue weighted by molar-refractivity contribution is 14.1. The van der Waals surface area contributed by atoms with Gasteiger partial charge in [-0.15, -0.1) is 0 Å². The number of nitrogens with zero attached hydrogens (tertiary/aromatic N) is 4. The molecule has 39 heavy (non-hydrogen) atoms. The van der Waals surface area contributed by atoms with E-state index in [1.807, 2.05) is 13.0 Å². The van der Waals surface area contributed by atoms with Crippen LogP contribution in [0.4, 0.5) is 0 Å². The lowest BCUT2D eigenvalue weighted by molar-refractivity contribution is 0.502. The van der Waals surface area contributed by atoms with Gasteiger partial charge in [0, 0.05) is 18.0 Å². The summed E-state index contributed by atoms with van der Waals surface area (Å²) in [6.45, 7) is 3.98. The van der Waals surface area contributed by atoms with Crippen molar-refractivity contribution >= 4 is 34.2 Å². The summed E-state index contributed by atoms with van der Waals surface area (Å²) in [7, 11) is 0. The zero-order chi connectivity index (χ0) is 27.2. The normalized spacial score (nSPS) is 11.1. The van der Waals surface area contributed by atoms with E-state index in [1.54, 1.807) is 18.5 Å². The summed E-state index contributed by atoms with van der Waals surface area (Å²) in [6, 6.07) is 35.7. The van der Waals surface area contributed by atoms with E-state index in [4.69, 9.17) is 16.6 Å². The minimum atomic E-state index is -0.468. The molecular formula is C32H27ClIN5. The maximum atomic E-state index is 5.67. The standard InChI is InChI=1S/C23H19IN2.C9H8ClN3/c1-18-25-22(24)17-26(18)23(19-11-5-2-6-12-19,20-13-7-3-8-14-20)21-15-9-4-10-16-21;1-6-11-5-8(13-6)7-2-3-9(10)12-4-7/h2-17H,1H3;2-5H,1H3,(H,11,13). The van der Waals surface area contributed by atoms with Gasteiger partial charge in [-0.25, -0.2) is 15.0 Å². The van der Waals surface area contributed by atoms with Crippen LogP contribution in [0.25, 0.3) is 11.3 Å². The van der Waals surface area contributed by atoms with Crippen molar-refractivity contribution in [3.05, 3.63) is 159 Å². The second-order valence-electron chi connectivity index (χ2n) is 9.04. The molecule has 0 aliphatic rings. The molecule has 0 fully saturated rings. The Morgan fingerprint density at radius 1 is 0.718 bits per heavy atom. The second-order valence-corrected chi connectivity index (χ2v) is 10.5. The number of hydrogen-bond acceptors (Lipinski definition) is 3. The molecule has 3 aromatic heterocycles. The van der Waals surface area contributed by atoms with E-state index in [-0.39, 0.29) is 0 Å². The molecule has 0 saturated carbocycles. The SMILES string of the molecule is Cc1nc(I)cn1C(c1ccccc1)(c1ccccc1)c1ccccc1.Cc1ncc(-c2ccc(Cl)nc2)[nH]1. The highest BCUT2D eigenvalue weighted by atomic mass is 127. The molecule has 6 aromatic rings. The van der Waals surface area contributed by atoms with Crippen molar-refractivity contribution in [2.24, 2.45) is 0 Å². The van der Waals surface area contributed by atoms with Crippen LogP contribution in [0, 0.1) is 17.5 Å². The molecule has 7 heteroatoms. The Hall–Kier alpha value is -3.75. The molecular weight excluding hydrogens is 617 g/mol. The van der Waals surface area contributed by atoms with Gasteiger partial charge >= 0.3 is 0 Å². The van der Waals surface area contributed by atoms with Gasteiger partial charge in [0.2, 0.25) is 0 Å². The van der Waals surface area contributed by atoms with Crippen molar-refractivity contribution in [3.8, 4) is 11.3 Å². The van der Waals surface area contributed by atoms with Crippen molar-refractivity contribution in [1.29, 1.82) is 0 Å². The highest BCUT2D eigenvalue weighted by Gasteiger charge is 2.39. The minimum absolute atomic E-state index is 0.468. The average Bonchev–Trinajstić information content (AvgIpc) is 3.56. The first kappa shape index (κ1) is 26.8. The predicted molar refractivity (Wildman–Crippen MR) is 166 cm³/mol. The first-order chi connectivity index (χ1) is 19.0. The summed E-state index contributed by atoms with van der Waals surface area (Å²) in [6.07, 6.45) is 5.64. The number of pyridine rings is 1. The van der Waals surface area contributed by atoms with Crippen molar-refractivity contribution in [2.45, 2.75) is 19.4 Å². The number of nitrogens with one attached hydrogen (secondary N) is 1. The van der Waals surface area contributed by atoms with Crippen LogP contribution in [0.3, 0.4) is 0 Å². The third-order valence-electron chi connectivity index (χ3n) is 6.53. The van der Waals surface area contributed by atoms with Crippen LogP contribution < -0.4 is 0 Å². The maximum Gasteiger partial charge on any atom is 0.129 e. The summed E-state index contributed by atoms with van der Waals surface area (Å²) >= 11 is 7.96. The molecule has 0 unspecified atom stereocenters. The Morgan fingerprint density at radius 3 is 1.64 bits per heavy atom. The summed E-state index contributed by atoms with van der Waals surface area (Å²) in [5.41, 5.74) is 5.13. The Bertz CT molecular complexity index is 1530. The Labute approximate surface area is 247 Å². The van der Waals surface area contributed by atoms with Gasteiger partial charge in [0.05, 0.1) is 11.9 Å². The third-order valence-corrected chi connectivity index (χ3v) is 7.27. The number of H-pyrrole nitrogens is 1. The smallest absolute Gasteiger partial charge is 0.129 e. The molecule has 0 bridgehead atoms. The summed E-state index contributed by atoms with van der Waals surface area (Å²) in [5, 5.41) is 0.500. The molecule has 0 saturated heterocycles. The van der Waals surface area contributed by atoms with Crippen LogP contribution in [0.1, 0.15) is 28.3 Å². The van der Waals surface area contributed by atoms with Crippen LogP contribution in [0.2, 0.25) is 5.15 Å². The maximum absolute atomic E-state index is 5.67. The van der Waals surface area contributed by atoms with E-state index in [0.717, 1.165) is 26.6 Å². The number of imidazole rings is 2. The van der Waals surface area contributed by atoms with Gasteiger partial charge in [0.1, 0.15) is 26.0 Å². The second kappa shape index (κ2) is 12.0. The zero-order valence-electron chi connectivity index (χ0n) is 21.6. The summed E-state index contributed by atoms with van der Waals surface area (Å²) < 4.78 is 3.29. The number of benzene rings is 3. The fraction of sp³-hybridized carbons (Fsp3) is 0.0938. The predicted octanol–water partition coefficient (Wildman–Crippen LogP) is 8.07. The van der Waals surface area contributed by atoms with Gasteiger partial charge in [-0.2, -0.15) is 0 Å². The van der Waals surface area contributed by atoms with Gasteiger partial charge in [-0.05, 0) is 65.3 Å². The number of aromatic nitrogens is 5. The molecule has 5 nitrogen and oxygen atoms in total. The largest absolute Gasteiger partial charge is 0.342 e. The fourth-order valence-corrected chi connectivity index (χ4v) is 5.57. The molecule has 0 aliphatic heterocycles. The number of hydrogen-bond donors (Lipinski definition) is 1. The monoisotopic (exact) mass is 643 g/mol. The van der Waals surface area contributed by atoms with Crippen LogP contribution in [-0.4, -0.2) is 24.5 Å². The molecule has 0 amide bonds. The van der Waals surface area contributed by atoms with E-state index >= 15 is 0 Å². The third kappa shape index (κ3) is 5.67.